The zero-order valence-electron chi connectivity index (χ0n) is 16.9. The molecule has 1 saturated heterocycles. The molecule has 6 heteroatoms. The predicted molar refractivity (Wildman–Crippen MR) is 117 cm³/mol. The van der Waals surface area contributed by atoms with Gasteiger partial charge in [-0.15, -0.1) is 0 Å². The molecule has 0 saturated carbocycles. The van der Waals surface area contributed by atoms with E-state index in [-0.39, 0.29) is 17.6 Å². The fourth-order valence-corrected chi connectivity index (χ4v) is 3.69. The molecule has 6 nitrogen and oxygen atoms in total. The van der Waals surface area contributed by atoms with E-state index < -0.39 is 0 Å². The van der Waals surface area contributed by atoms with E-state index in [1.165, 1.54) is 6.92 Å². The van der Waals surface area contributed by atoms with Crippen LogP contribution in [0.2, 0.25) is 0 Å². The number of hydrogen-bond donors (Lipinski definition) is 1. The van der Waals surface area contributed by atoms with Crippen LogP contribution in [0.15, 0.2) is 67.0 Å². The third-order valence-corrected chi connectivity index (χ3v) is 5.47. The lowest BCUT2D eigenvalue weighted by Gasteiger charge is -2.32. The number of hydrogen-bond acceptors (Lipinski definition) is 5. The number of ketones is 1. The van der Waals surface area contributed by atoms with Gasteiger partial charge < -0.3 is 10.2 Å². The van der Waals surface area contributed by atoms with Gasteiger partial charge in [-0.25, -0.2) is 9.97 Å². The van der Waals surface area contributed by atoms with Gasteiger partial charge in [-0.05, 0) is 44.0 Å². The Labute approximate surface area is 176 Å². The Morgan fingerprint density at radius 1 is 0.967 bits per heavy atom. The van der Waals surface area contributed by atoms with Crippen molar-refractivity contribution in [2.45, 2.75) is 19.8 Å². The van der Waals surface area contributed by atoms with Crippen molar-refractivity contribution < 1.29 is 9.59 Å². The Balaban J connectivity index is 1.36. The van der Waals surface area contributed by atoms with Crippen molar-refractivity contribution in [2.24, 2.45) is 5.92 Å². The minimum absolute atomic E-state index is 0.0143. The van der Waals surface area contributed by atoms with Crippen LogP contribution in [0.3, 0.4) is 0 Å². The van der Waals surface area contributed by atoms with Crippen LogP contribution in [0.1, 0.15) is 30.1 Å². The highest BCUT2D eigenvalue weighted by molar-refractivity contribution is 5.96. The van der Waals surface area contributed by atoms with Gasteiger partial charge in [-0.1, -0.05) is 30.3 Å². The molecule has 0 bridgehead atoms. The number of amides is 1. The molecule has 1 fully saturated rings. The van der Waals surface area contributed by atoms with Gasteiger partial charge in [0.2, 0.25) is 5.91 Å². The second kappa shape index (κ2) is 8.86. The largest absolute Gasteiger partial charge is 0.356 e. The monoisotopic (exact) mass is 400 g/mol. The highest BCUT2D eigenvalue weighted by atomic mass is 16.2. The Kier molecular flexibility index (Phi) is 5.84. The summed E-state index contributed by atoms with van der Waals surface area (Å²) in [5.41, 5.74) is 3.32. The normalized spacial score (nSPS) is 14.4. The first kappa shape index (κ1) is 19.8. The van der Waals surface area contributed by atoms with Crippen LogP contribution < -0.4 is 10.2 Å². The first-order chi connectivity index (χ1) is 14.6. The minimum atomic E-state index is -0.0378. The molecule has 30 heavy (non-hydrogen) atoms. The number of aromatic nitrogens is 2. The minimum Gasteiger partial charge on any atom is -0.356 e. The quantitative estimate of drug-likeness (QED) is 0.650. The number of anilines is 2. The molecule has 152 valence electrons. The summed E-state index contributed by atoms with van der Waals surface area (Å²) in [6.45, 7) is 3.07. The van der Waals surface area contributed by atoms with E-state index in [9.17, 15) is 9.59 Å². The first-order valence-electron chi connectivity index (χ1n) is 10.1. The number of carbonyl (C=O) groups is 2. The summed E-state index contributed by atoms with van der Waals surface area (Å²) in [4.78, 5) is 35.1. The van der Waals surface area contributed by atoms with Gasteiger partial charge >= 0.3 is 0 Å². The maximum atomic E-state index is 12.6. The van der Waals surface area contributed by atoms with Gasteiger partial charge in [0.25, 0.3) is 0 Å². The molecule has 2 heterocycles. The molecule has 1 N–H and O–H groups in total. The topological polar surface area (TPSA) is 75.2 Å². The molecule has 0 radical (unpaired) electrons. The molecule has 0 spiro atoms. The second-order valence-electron chi connectivity index (χ2n) is 7.51. The van der Waals surface area contributed by atoms with Gasteiger partial charge in [-0.2, -0.15) is 0 Å². The van der Waals surface area contributed by atoms with Crippen LogP contribution in [-0.2, 0) is 4.79 Å². The average molecular weight is 400 g/mol. The molecule has 0 aliphatic carbocycles. The average Bonchev–Trinajstić information content (AvgIpc) is 2.80. The standard InChI is InChI=1S/C24H24N4O2/c1-17(29)18-7-9-21(10-8-18)27-24(30)20-11-13-28(14-12-20)23-15-22(25-16-26-23)19-5-3-2-4-6-19/h2-10,15-16,20H,11-14H2,1H3,(H,27,30). The van der Waals surface area contributed by atoms with Crippen molar-refractivity contribution in [2.75, 3.05) is 23.3 Å². The Morgan fingerprint density at radius 3 is 2.33 bits per heavy atom. The van der Waals surface area contributed by atoms with E-state index in [0.717, 1.165) is 48.7 Å². The molecule has 0 atom stereocenters. The fraction of sp³-hybridized carbons (Fsp3) is 0.250. The highest BCUT2D eigenvalue weighted by Crippen LogP contribution is 2.26. The Bertz CT molecular complexity index is 1030. The van der Waals surface area contributed by atoms with Crippen LogP contribution >= 0.6 is 0 Å². The molecule has 0 unspecified atom stereocenters. The second-order valence-corrected chi connectivity index (χ2v) is 7.51. The van der Waals surface area contributed by atoms with Gasteiger partial charge in [0.15, 0.2) is 5.78 Å². The van der Waals surface area contributed by atoms with E-state index in [1.807, 2.05) is 36.4 Å². The molecule has 1 amide bonds. The lowest BCUT2D eigenvalue weighted by molar-refractivity contribution is -0.120. The fourth-order valence-electron chi connectivity index (χ4n) is 3.69. The number of rotatable bonds is 5. The zero-order valence-corrected chi connectivity index (χ0v) is 16.9. The van der Waals surface area contributed by atoms with Crippen LogP contribution in [0.5, 0.6) is 0 Å². The lowest BCUT2D eigenvalue weighted by Crippen LogP contribution is -2.38. The molecular formula is C24H24N4O2. The van der Waals surface area contributed by atoms with E-state index in [4.69, 9.17) is 0 Å². The van der Waals surface area contributed by atoms with Gasteiger partial charge in [-0.3, -0.25) is 9.59 Å². The summed E-state index contributed by atoms with van der Waals surface area (Å²) in [6.07, 6.45) is 3.13. The van der Waals surface area contributed by atoms with Crippen LogP contribution in [0.25, 0.3) is 11.3 Å². The third-order valence-electron chi connectivity index (χ3n) is 5.47. The molecule has 2 aromatic carbocycles. The maximum absolute atomic E-state index is 12.6. The number of Topliss-reactive ketones (excluding diaryl/α,β-unsaturated/α-hetero) is 1. The molecule has 4 rings (SSSR count). The Morgan fingerprint density at radius 2 is 1.67 bits per heavy atom. The van der Waals surface area contributed by atoms with E-state index in [0.29, 0.717) is 5.56 Å². The van der Waals surface area contributed by atoms with Crippen LogP contribution in [-0.4, -0.2) is 34.7 Å². The summed E-state index contributed by atoms with van der Waals surface area (Å²) in [5.74, 6) is 0.893. The Hall–Kier alpha value is -3.54. The predicted octanol–water partition coefficient (Wildman–Crippen LogP) is 4.20. The number of nitrogens with one attached hydrogen (secondary N) is 1. The van der Waals surface area contributed by atoms with Crippen molar-refractivity contribution in [3.63, 3.8) is 0 Å². The smallest absolute Gasteiger partial charge is 0.227 e. The zero-order chi connectivity index (χ0) is 20.9. The van der Waals surface area contributed by atoms with Crippen LogP contribution in [0, 0.1) is 5.92 Å². The van der Waals surface area contributed by atoms with Gasteiger partial charge in [0.05, 0.1) is 5.69 Å². The number of nitrogens with zero attached hydrogens (tertiary/aromatic N) is 3. The molecular weight excluding hydrogens is 376 g/mol. The van der Waals surface area contributed by atoms with Gasteiger partial charge in [0.1, 0.15) is 12.1 Å². The summed E-state index contributed by atoms with van der Waals surface area (Å²) < 4.78 is 0. The van der Waals surface area contributed by atoms with Crippen LogP contribution in [0.4, 0.5) is 11.5 Å². The lowest BCUT2D eigenvalue weighted by atomic mass is 9.95. The molecule has 1 aromatic heterocycles. The number of piperidine rings is 1. The maximum Gasteiger partial charge on any atom is 0.227 e. The van der Waals surface area contributed by atoms with E-state index in [1.54, 1.807) is 30.6 Å². The van der Waals surface area contributed by atoms with Crippen molar-refractivity contribution in [3.8, 4) is 11.3 Å². The SMILES string of the molecule is CC(=O)c1ccc(NC(=O)C2CCN(c3cc(-c4ccccc4)ncn3)CC2)cc1. The van der Waals surface area contributed by atoms with Crippen molar-refractivity contribution in [3.05, 3.63) is 72.6 Å². The number of benzene rings is 2. The molecule has 1 aliphatic heterocycles. The third kappa shape index (κ3) is 4.54. The summed E-state index contributed by atoms with van der Waals surface area (Å²) in [7, 11) is 0. The summed E-state index contributed by atoms with van der Waals surface area (Å²) in [5, 5.41) is 2.97. The van der Waals surface area contributed by atoms with E-state index >= 15 is 0 Å². The van der Waals surface area contributed by atoms with Crippen molar-refractivity contribution >= 4 is 23.2 Å². The molecule has 1 aliphatic rings. The van der Waals surface area contributed by atoms with Crippen molar-refractivity contribution in [1.82, 2.24) is 9.97 Å². The summed E-state index contributed by atoms with van der Waals surface area (Å²) in [6, 6.07) is 19.1. The van der Waals surface area contributed by atoms with E-state index in [2.05, 4.69) is 20.2 Å². The first-order valence-corrected chi connectivity index (χ1v) is 10.1. The van der Waals surface area contributed by atoms with Gasteiger partial charge in [0, 0.05) is 41.9 Å². The summed E-state index contributed by atoms with van der Waals surface area (Å²) >= 11 is 0. The molecule has 3 aromatic rings. The highest BCUT2D eigenvalue weighted by Gasteiger charge is 2.26. The van der Waals surface area contributed by atoms with Crippen molar-refractivity contribution in [1.29, 1.82) is 0 Å². The number of carbonyl (C=O) groups excluding carboxylic acids is 2.